The maximum atomic E-state index is 11.8. The molecule has 1 aromatic carbocycles. The Morgan fingerprint density at radius 2 is 2.16 bits per heavy atom. The third kappa shape index (κ3) is 5.01. The minimum absolute atomic E-state index is 0.131. The molecular weight excluding hydrogens is 266 g/mol. The molecule has 0 heterocycles. The van der Waals surface area contributed by atoms with Crippen molar-refractivity contribution in [3.8, 4) is 0 Å². The van der Waals surface area contributed by atoms with Crippen molar-refractivity contribution in [1.82, 2.24) is 10.6 Å². The third-order valence-electron chi connectivity index (χ3n) is 2.22. The Balaban J connectivity index is 2.65. The topological polar surface area (TPSA) is 84.3 Å². The molecule has 2 N–H and O–H groups in total. The fourth-order valence-electron chi connectivity index (χ4n) is 1.28. The lowest BCUT2D eigenvalue weighted by Crippen LogP contribution is -2.40. The second-order valence-corrected chi connectivity index (χ2v) is 4.77. The number of nitro benzene ring substituents is 1. The minimum atomic E-state index is -0.549. The van der Waals surface area contributed by atoms with Gasteiger partial charge in [-0.1, -0.05) is 19.9 Å². The summed E-state index contributed by atoms with van der Waals surface area (Å²) in [5.74, 6) is -0.0716. The molecule has 0 saturated heterocycles. The van der Waals surface area contributed by atoms with Crippen LogP contribution in [0.1, 0.15) is 24.2 Å². The number of carbonyl (C=O) groups is 1. The van der Waals surface area contributed by atoms with Gasteiger partial charge in [0.25, 0.3) is 11.6 Å². The molecule has 0 radical (unpaired) electrons. The molecule has 0 spiro atoms. The summed E-state index contributed by atoms with van der Waals surface area (Å²) in [5.41, 5.74) is 0.0663. The van der Waals surface area contributed by atoms with Crippen LogP contribution < -0.4 is 10.6 Å². The first-order valence-corrected chi connectivity index (χ1v) is 6.14. The van der Waals surface area contributed by atoms with E-state index in [2.05, 4.69) is 10.6 Å². The van der Waals surface area contributed by atoms with E-state index in [1.54, 1.807) is 0 Å². The van der Waals surface area contributed by atoms with E-state index in [0.717, 1.165) is 0 Å². The van der Waals surface area contributed by atoms with E-state index in [1.165, 1.54) is 24.3 Å². The SMILES string of the molecule is CC(C)CNC(=S)NC(=O)c1cccc([N+](=O)[O-])c1. The van der Waals surface area contributed by atoms with Crippen LogP contribution >= 0.6 is 12.2 Å². The molecule has 0 saturated carbocycles. The van der Waals surface area contributed by atoms with Gasteiger partial charge in [0.1, 0.15) is 0 Å². The normalized spacial score (nSPS) is 10.1. The van der Waals surface area contributed by atoms with Crippen molar-refractivity contribution >= 4 is 28.9 Å². The zero-order chi connectivity index (χ0) is 14.4. The van der Waals surface area contributed by atoms with Crippen LogP contribution in [0.25, 0.3) is 0 Å². The zero-order valence-electron chi connectivity index (χ0n) is 10.7. The van der Waals surface area contributed by atoms with E-state index in [0.29, 0.717) is 12.5 Å². The predicted octanol–water partition coefficient (Wildman–Crippen LogP) is 1.86. The van der Waals surface area contributed by atoms with Gasteiger partial charge in [0.2, 0.25) is 0 Å². The summed E-state index contributed by atoms with van der Waals surface area (Å²) in [6.07, 6.45) is 0. The van der Waals surface area contributed by atoms with E-state index >= 15 is 0 Å². The summed E-state index contributed by atoms with van der Waals surface area (Å²) in [4.78, 5) is 21.9. The summed E-state index contributed by atoms with van der Waals surface area (Å²) in [5, 5.41) is 16.2. The molecule has 0 bridgehead atoms. The molecule has 102 valence electrons. The van der Waals surface area contributed by atoms with Gasteiger partial charge in [-0.15, -0.1) is 0 Å². The Hall–Kier alpha value is -2.02. The number of amides is 1. The van der Waals surface area contributed by atoms with Crippen LogP contribution in [0.4, 0.5) is 5.69 Å². The molecule has 1 amide bonds. The molecule has 0 aliphatic heterocycles. The zero-order valence-corrected chi connectivity index (χ0v) is 11.5. The van der Waals surface area contributed by atoms with Gasteiger partial charge in [0.15, 0.2) is 5.11 Å². The standard InChI is InChI=1S/C12H15N3O3S/c1-8(2)7-13-12(19)14-11(16)9-4-3-5-10(6-9)15(17)18/h3-6,8H,7H2,1-2H3,(H2,13,14,16,19). The second-order valence-electron chi connectivity index (χ2n) is 4.37. The quantitative estimate of drug-likeness (QED) is 0.500. The van der Waals surface area contributed by atoms with E-state index in [9.17, 15) is 14.9 Å². The maximum Gasteiger partial charge on any atom is 0.270 e. The molecular formula is C12H15N3O3S. The van der Waals surface area contributed by atoms with Gasteiger partial charge in [0, 0.05) is 24.2 Å². The Bertz CT molecular complexity index is 503. The fourth-order valence-corrected chi connectivity index (χ4v) is 1.45. The van der Waals surface area contributed by atoms with Crippen molar-refractivity contribution in [1.29, 1.82) is 0 Å². The summed E-state index contributed by atoms with van der Waals surface area (Å²) in [7, 11) is 0. The highest BCUT2D eigenvalue weighted by atomic mass is 32.1. The first kappa shape index (κ1) is 15.0. The van der Waals surface area contributed by atoms with Crippen molar-refractivity contribution in [3.05, 3.63) is 39.9 Å². The molecule has 0 atom stereocenters. The van der Waals surface area contributed by atoms with Gasteiger partial charge in [-0.05, 0) is 24.2 Å². The average molecular weight is 281 g/mol. The van der Waals surface area contributed by atoms with Crippen molar-refractivity contribution in [3.63, 3.8) is 0 Å². The van der Waals surface area contributed by atoms with Crippen LogP contribution in [-0.4, -0.2) is 22.5 Å². The van der Waals surface area contributed by atoms with Crippen molar-refractivity contribution in [2.75, 3.05) is 6.54 Å². The van der Waals surface area contributed by atoms with Crippen LogP contribution in [0.15, 0.2) is 24.3 Å². The molecule has 6 nitrogen and oxygen atoms in total. The van der Waals surface area contributed by atoms with Crippen molar-refractivity contribution in [2.24, 2.45) is 5.92 Å². The number of thiocarbonyl (C=S) groups is 1. The lowest BCUT2D eigenvalue weighted by molar-refractivity contribution is -0.384. The van der Waals surface area contributed by atoms with Crippen LogP contribution in [0.2, 0.25) is 0 Å². The number of nitrogens with zero attached hydrogens (tertiary/aromatic N) is 1. The highest BCUT2D eigenvalue weighted by molar-refractivity contribution is 7.80. The van der Waals surface area contributed by atoms with Crippen LogP contribution in [-0.2, 0) is 0 Å². The van der Waals surface area contributed by atoms with Gasteiger partial charge >= 0.3 is 0 Å². The molecule has 19 heavy (non-hydrogen) atoms. The fraction of sp³-hybridized carbons (Fsp3) is 0.333. The second kappa shape index (κ2) is 6.79. The Labute approximate surface area is 116 Å². The first-order valence-electron chi connectivity index (χ1n) is 5.73. The summed E-state index contributed by atoms with van der Waals surface area (Å²) in [6, 6.07) is 5.48. The number of carbonyl (C=O) groups excluding carboxylic acids is 1. The number of rotatable bonds is 4. The lowest BCUT2D eigenvalue weighted by Gasteiger charge is -2.11. The Kier molecular flexibility index (Phi) is 5.37. The molecule has 0 aliphatic carbocycles. The highest BCUT2D eigenvalue weighted by Crippen LogP contribution is 2.12. The maximum absolute atomic E-state index is 11.8. The molecule has 0 aliphatic rings. The number of hydrogen-bond donors (Lipinski definition) is 2. The summed E-state index contributed by atoms with van der Waals surface area (Å²) in [6.45, 7) is 4.67. The Morgan fingerprint density at radius 1 is 1.47 bits per heavy atom. The third-order valence-corrected chi connectivity index (χ3v) is 2.46. The number of nitrogens with one attached hydrogen (secondary N) is 2. The van der Waals surface area contributed by atoms with Gasteiger partial charge in [-0.3, -0.25) is 20.2 Å². The molecule has 7 heteroatoms. The van der Waals surface area contributed by atoms with E-state index in [4.69, 9.17) is 12.2 Å². The van der Waals surface area contributed by atoms with Gasteiger partial charge < -0.3 is 5.32 Å². The lowest BCUT2D eigenvalue weighted by atomic mass is 10.2. The van der Waals surface area contributed by atoms with E-state index in [1.807, 2.05) is 13.8 Å². The highest BCUT2D eigenvalue weighted by Gasteiger charge is 2.12. The van der Waals surface area contributed by atoms with Crippen molar-refractivity contribution < 1.29 is 9.72 Å². The van der Waals surface area contributed by atoms with E-state index < -0.39 is 10.8 Å². The number of nitro groups is 1. The number of hydrogen-bond acceptors (Lipinski definition) is 4. The van der Waals surface area contributed by atoms with Crippen LogP contribution in [0, 0.1) is 16.0 Å². The van der Waals surface area contributed by atoms with Gasteiger partial charge in [-0.2, -0.15) is 0 Å². The predicted molar refractivity (Wildman–Crippen MR) is 76.0 cm³/mol. The first-order chi connectivity index (χ1) is 8.90. The van der Waals surface area contributed by atoms with Crippen molar-refractivity contribution in [2.45, 2.75) is 13.8 Å². The molecule has 0 fully saturated rings. The number of benzene rings is 1. The summed E-state index contributed by atoms with van der Waals surface area (Å²) < 4.78 is 0. The van der Waals surface area contributed by atoms with Crippen LogP contribution in [0.3, 0.4) is 0 Å². The average Bonchev–Trinajstić information content (AvgIpc) is 2.36. The monoisotopic (exact) mass is 281 g/mol. The Morgan fingerprint density at radius 3 is 2.74 bits per heavy atom. The minimum Gasteiger partial charge on any atom is -0.362 e. The molecule has 1 aromatic rings. The smallest absolute Gasteiger partial charge is 0.270 e. The van der Waals surface area contributed by atoms with Gasteiger partial charge in [0.05, 0.1) is 4.92 Å². The molecule has 0 unspecified atom stereocenters. The molecule has 1 rings (SSSR count). The summed E-state index contributed by atoms with van der Waals surface area (Å²) >= 11 is 4.96. The van der Waals surface area contributed by atoms with Gasteiger partial charge in [-0.25, -0.2) is 0 Å². The number of non-ortho nitro benzene ring substituents is 1. The van der Waals surface area contributed by atoms with Crippen LogP contribution in [0.5, 0.6) is 0 Å². The van der Waals surface area contributed by atoms with E-state index in [-0.39, 0.29) is 16.4 Å². The molecule has 0 aromatic heterocycles. The largest absolute Gasteiger partial charge is 0.362 e.